The molecule has 0 aromatic heterocycles. The first kappa shape index (κ1) is 12.7. The number of hydrogen-bond donors (Lipinski definition) is 2. The summed E-state index contributed by atoms with van der Waals surface area (Å²) < 4.78 is 0. The zero-order valence-electron chi connectivity index (χ0n) is 10.9. The van der Waals surface area contributed by atoms with Gasteiger partial charge in [0.15, 0.2) is 0 Å². The Labute approximate surface area is 115 Å². The molecule has 0 radical (unpaired) electrons. The van der Waals surface area contributed by atoms with Gasteiger partial charge in [0.2, 0.25) is 11.8 Å². The average Bonchev–Trinajstić information content (AvgIpc) is 2.40. The molecule has 0 bridgehead atoms. The molecule has 104 valence electrons. The number of nitrogens with zero attached hydrogens (tertiary/aromatic N) is 1. The number of nitrogens with two attached hydrogens (primary N) is 1. The summed E-state index contributed by atoms with van der Waals surface area (Å²) in [4.78, 5) is 37.1. The Kier molecular flexibility index (Phi) is 2.93. The van der Waals surface area contributed by atoms with Crippen LogP contribution in [0.2, 0.25) is 0 Å². The van der Waals surface area contributed by atoms with Crippen LogP contribution in [-0.2, 0) is 16.0 Å². The van der Waals surface area contributed by atoms with Crippen LogP contribution in [0.4, 0.5) is 5.69 Å². The van der Waals surface area contributed by atoms with Crippen molar-refractivity contribution in [2.45, 2.75) is 25.3 Å². The van der Waals surface area contributed by atoms with Crippen LogP contribution in [0, 0.1) is 0 Å². The molecule has 3 N–H and O–H groups in total. The first-order valence-corrected chi connectivity index (χ1v) is 6.60. The van der Waals surface area contributed by atoms with Crippen molar-refractivity contribution in [2.75, 3.05) is 12.3 Å². The van der Waals surface area contributed by atoms with Gasteiger partial charge in [-0.15, -0.1) is 0 Å². The normalized spacial score (nSPS) is 22.5. The van der Waals surface area contributed by atoms with Gasteiger partial charge in [0.05, 0.1) is 5.56 Å². The van der Waals surface area contributed by atoms with Crippen molar-refractivity contribution in [3.8, 4) is 0 Å². The van der Waals surface area contributed by atoms with Gasteiger partial charge in [-0.3, -0.25) is 19.7 Å². The number of fused-ring (bicyclic) bond motifs is 1. The van der Waals surface area contributed by atoms with E-state index in [0.717, 1.165) is 5.56 Å². The van der Waals surface area contributed by atoms with Crippen molar-refractivity contribution in [3.63, 3.8) is 0 Å². The molecule has 1 atom stereocenters. The van der Waals surface area contributed by atoms with Gasteiger partial charge in [-0.1, -0.05) is 12.1 Å². The highest BCUT2D eigenvalue weighted by Gasteiger charge is 2.37. The Morgan fingerprint density at radius 3 is 2.75 bits per heavy atom. The summed E-state index contributed by atoms with van der Waals surface area (Å²) in [7, 11) is 0. The molecule has 20 heavy (non-hydrogen) atoms. The van der Waals surface area contributed by atoms with Gasteiger partial charge in [0.25, 0.3) is 5.91 Å². The quantitative estimate of drug-likeness (QED) is 0.559. The van der Waals surface area contributed by atoms with Crippen LogP contribution >= 0.6 is 0 Å². The first-order chi connectivity index (χ1) is 9.58. The number of carbonyl (C=O) groups is 3. The predicted molar refractivity (Wildman–Crippen MR) is 71.8 cm³/mol. The molecule has 0 spiro atoms. The third kappa shape index (κ3) is 1.93. The number of rotatable bonds is 1. The maximum absolute atomic E-state index is 12.5. The van der Waals surface area contributed by atoms with Gasteiger partial charge in [-0.05, 0) is 24.5 Å². The van der Waals surface area contributed by atoms with Crippen molar-refractivity contribution in [1.82, 2.24) is 10.2 Å². The van der Waals surface area contributed by atoms with Crippen LogP contribution in [0.3, 0.4) is 0 Å². The van der Waals surface area contributed by atoms with E-state index in [1.54, 1.807) is 6.07 Å². The smallest absolute Gasteiger partial charge is 0.256 e. The van der Waals surface area contributed by atoms with Gasteiger partial charge in [-0.2, -0.15) is 0 Å². The van der Waals surface area contributed by atoms with E-state index in [1.165, 1.54) is 4.90 Å². The van der Waals surface area contributed by atoms with Gasteiger partial charge in [0, 0.05) is 18.7 Å². The Morgan fingerprint density at radius 1 is 1.20 bits per heavy atom. The molecule has 1 aromatic rings. The highest BCUT2D eigenvalue weighted by Crippen LogP contribution is 2.27. The predicted octanol–water partition coefficient (Wildman–Crippen LogP) is 0.0723. The van der Waals surface area contributed by atoms with Crippen LogP contribution in [-0.4, -0.2) is 35.2 Å². The molecule has 1 unspecified atom stereocenters. The number of amides is 3. The number of nitrogen functional groups attached to an aromatic ring is 1. The van der Waals surface area contributed by atoms with E-state index in [-0.39, 0.29) is 18.2 Å². The molecule has 6 nitrogen and oxygen atoms in total. The second kappa shape index (κ2) is 4.63. The Morgan fingerprint density at radius 2 is 2.00 bits per heavy atom. The van der Waals surface area contributed by atoms with Crippen LogP contribution in [0.1, 0.15) is 28.8 Å². The van der Waals surface area contributed by atoms with Gasteiger partial charge in [0.1, 0.15) is 6.04 Å². The minimum absolute atomic E-state index is 0.223. The lowest BCUT2D eigenvalue weighted by Crippen LogP contribution is -2.56. The van der Waals surface area contributed by atoms with Crippen molar-refractivity contribution >= 4 is 23.4 Å². The van der Waals surface area contributed by atoms with Crippen LogP contribution < -0.4 is 11.1 Å². The summed E-state index contributed by atoms with van der Waals surface area (Å²) >= 11 is 0. The fourth-order valence-corrected chi connectivity index (χ4v) is 2.85. The molecule has 0 aliphatic carbocycles. The number of imide groups is 1. The van der Waals surface area contributed by atoms with Crippen molar-refractivity contribution in [1.29, 1.82) is 0 Å². The standard InChI is InChI=1S/C14H15N3O3/c15-9-3-1-2-8-6-7-17(14(20)12(8)9)10-4-5-11(18)16-13(10)19/h1-3,10H,4-7,15H2,(H,16,18,19). The minimum atomic E-state index is -0.576. The van der Waals surface area contributed by atoms with Gasteiger partial charge >= 0.3 is 0 Å². The zero-order chi connectivity index (χ0) is 14.3. The van der Waals surface area contributed by atoms with E-state index in [9.17, 15) is 14.4 Å². The summed E-state index contributed by atoms with van der Waals surface area (Å²) in [5.74, 6) is -0.901. The van der Waals surface area contributed by atoms with Gasteiger partial charge < -0.3 is 10.6 Å². The molecule has 2 heterocycles. The summed E-state index contributed by atoms with van der Waals surface area (Å²) in [5, 5.41) is 2.28. The molecule has 1 saturated heterocycles. The lowest BCUT2D eigenvalue weighted by Gasteiger charge is -2.36. The Hall–Kier alpha value is -2.37. The number of piperidine rings is 1. The molecule has 2 aliphatic rings. The molecule has 3 amide bonds. The minimum Gasteiger partial charge on any atom is -0.398 e. The SMILES string of the molecule is Nc1cccc2c1C(=O)N(C1CCC(=O)NC1=O)CC2. The van der Waals surface area contributed by atoms with Crippen molar-refractivity contribution < 1.29 is 14.4 Å². The molecule has 3 rings (SSSR count). The summed E-state index contributed by atoms with van der Waals surface area (Å²) in [6.07, 6.45) is 1.31. The molecule has 1 aromatic carbocycles. The van der Waals surface area contributed by atoms with E-state index < -0.39 is 11.9 Å². The van der Waals surface area contributed by atoms with Crippen LogP contribution in [0.25, 0.3) is 0 Å². The third-order valence-corrected chi connectivity index (χ3v) is 3.87. The average molecular weight is 273 g/mol. The number of benzene rings is 1. The number of anilines is 1. The third-order valence-electron chi connectivity index (χ3n) is 3.87. The molecule has 2 aliphatic heterocycles. The number of carbonyl (C=O) groups excluding carboxylic acids is 3. The van der Waals surface area contributed by atoms with E-state index in [1.807, 2.05) is 12.1 Å². The topological polar surface area (TPSA) is 92.5 Å². The second-order valence-corrected chi connectivity index (χ2v) is 5.10. The molecule has 1 fully saturated rings. The van der Waals surface area contributed by atoms with E-state index in [2.05, 4.69) is 5.32 Å². The summed E-state index contributed by atoms with van der Waals surface area (Å²) in [6.45, 7) is 0.474. The fraction of sp³-hybridized carbons (Fsp3) is 0.357. The summed E-state index contributed by atoms with van der Waals surface area (Å²) in [6, 6.07) is 4.81. The lowest BCUT2D eigenvalue weighted by molar-refractivity contribution is -0.136. The van der Waals surface area contributed by atoms with Crippen LogP contribution in [0.5, 0.6) is 0 Å². The van der Waals surface area contributed by atoms with E-state index in [0.29, 0.717) is 30.6 Å². The second-order valence-electron chi connectivity index (χ2n) is 5.10. The number of nitrogens with one attached hydrogen (secondary N) is 1. The fourth-order valence-electron chi connectivity index (χ4n) is 2.85. The van der Waals surface area contributed by atoms with Crippen molar-refractivity contribution in [2.24, 2.45) is 0 Å². The largest absolute Gasteiger partial charge is 0.398 e. The van der Waals surface area contributed by atoms with Crippen LogP contribution in [0.15, 0.2) is 18.2 Å². The molecule has 0 saturated carbocycles. The highest BCUT2D eigenvalue weighted by atomic mass is 16.2. The number of hydrogen-bond acceptors (Lipinski definition) is 4. The first-order valence-electron chi connectivity index (χ1n) is 6.60. The maximum atomic E-state index is 12.5. The zero-order valence-corrected chi connectivity index (χ0v) is 10.9. The Bertz CT molecular complexity index is 612. The monoisotopic (exact) mass is 273 g/mol. The Balaban J connectivity index is 1.91. The van der Waals surface area contributed by atoms with E-state index >= 15 is 0 Å². The highest BCUT2D eigenvalue weighted by molar-refractivity contribution is 6.06. The van der Waals surface area contributed by atoms with Gasteiger partial charge in [-0.25, -0.2) is 0 Å². The summed E-state index contributed by atoms with van der Waals surface area (Å²) in [5.41, 5.74) is 7.72. The molecular weight excluding hydrogens is 258 g/mol. The van der Waals surface area contributed by atoms with E-state index in [4.69, 9.17) is 5.73 Å². The molecular formula is C14H15N3O3. The molecule has 6 heteroatoms. The maximum Gasteiger partial charge on any atom is 0.256 e. The lowest BCUT2D eigenvalue weighted by atomic mass is 9.94. The van der Waals surface area contributed by atoms with Crippen molar-refractivity contribution in [3.05, 3.63) is 29.3 Å².